The lowest BCUT2D eigenvalue weighted by molar-refractivity contribution is 0.660. The van der Waals surface area contributed by atoms with Crippen LogP contribution < -0.4 is 5.69 Å². The molecule has 0 aliphatic carbocycles. The van der Waals surface area contributed by atoms with Crippen LogP contribution in [0, 0.1) is 11.3 Å². The predicted molar refractivity (Wildman–Crippen MR) is 68.8 cm³/mol. The number of H-pyrrole nitrogens is 1. The first-order chi connectivity index (χ1) is 8.65. The highest BCUT2D eigenvalue weighted by molar-refractivity contribution is 7.99. The van der Waals surface area contributed by atoms with Crippen molar-refractivity contribution in [2.24, 2.45) is 0 Å². The highest BCUT2D eigenvalue weighted by atomic mass is 35.5. The van der Waals surface area contributed by atoms with Crippen LogP contribution in [0.25, 0.3) is 0 Å². The molecular formula is C11H9ClN4OS. The highest BCUT2D eigenvalue weighted by Crippen LogP contribution is 2.28. The standard InChI is InChI=1S/C11H9ClN4OS/c1-2-16-10(17)14-15-11(16)18-8-4-3-7(6-13)9(12)5-8/h3-5H,2H2,1H3,(H,14,17). The predicted octanol–water partition coefficient (Wildman–Crippen LogP) is 2.27. The molecule has 0 amide bonds. The third-order valence-electron chi connectivity index (χ3n) is 2.31. The zero-order valence-electron chi connectivity index (χ0n) is 9.48. The fourth-order valence-corrected chi connectivity index (χ4v) is 2.64. The quantitative estimate of drug-likeness (QED) is 0.936. The summed E-state index contributed by atoms with van der Waals surface area (Å²) in [7, 11) is 0. The number of hydrogen-bond acceptors (Lipinski definition) is 4. The largest absolute Gasteiger partial charge is 0.343 e. The maximum atomic E-state index is 11.4. The molecule has 92 valence electrons. The molecule has 0 saturated carbocycles. The molecule has 0 fully saturated rings. The Balaban J connectivity index is 2.32. The minimum atomic E-state index is -0.236. The van der Waals surface area contributed by atoms with Crippen molar-refractivity contribution in [2.45, 2.75) is 23.5 Å². The molecule has 0 radical (unpaired) electrons. The number of aromatic amines is 1. The van der Waals surface area contributed by atoms with Gasteiger partial charge in [0.1, 0.15) is 6.07 Å². The topological polar surface area (TPSA) is 74.5 Å². The molecule has 5 nitrogen and oxygen atoms in total. The zero-order chi connectivity index (χ0) is 13.1. The lowest BCUT2D eigenvalue weighted by atomic mass is 10.2. The Labute approximate surface area is 112 Å². The summed E-state index contributed by atoms with van der Waals surface area (Å²) < 4.78 is 1.52. The summed E-state index contributed by atoms with van der Waals surface area (Å²) in [5.74, 6) is 0. The molecule has 0 aliphatic rings. The van der Waals surface area contributed by atoms with Crippen molar-refractivity contribution >= 4 is 23.4 Å². The Hall–Kier alpha value is -1.71. The van der Waals surface area contributed by atoms with E-state index in [2.05, 4.69) is 10.2 Å². The molecule has 2 rings (SSSR count). The minimum absolute atomic E-state index is 0.236. The van der Waals surface area contributed by atoms with Crippen LogP contribution in [0.4, 0.5) is 0 Å². The fourth-order valence-electron chi connectivity index (χ4n) is 1.42. The molecule has 0 atom stereocenters. The maximum Gasteiger partial charge on any atom is 0.343 e. The van der Waals surface area contributed by atoms with Crippen LogP contribution in [0.2, 0.25) is 5.02 Å². The van der Waals surface area contributed by atoms with Crippen molar-refractivity contribution in [3.63, 3.8) is 0 Å². The molecule has 1 heterocycles. The molecule has 0 bridgehead atoms. The van der Waals surface area contributed by atoms with E-state index in [9.17, 15) is 4.79 Å². The molecular weight excluding hydrogens is 272 g/mol. The number of nitrogens with one attached hydrogen (secondary N) is 1. The maximum absolute atomic E-state index is 11.4. The van der Waals surface area contributed by atoms with Crippen molar-refractivity contribution < 1.29 is 0 Å². The third-order valence-corrected chi connectivity index (χ3v) is 3.61. The van der Waals surface area contributed by atoms with E-state index in [0.29, 0.717) is 22.3 Å². The summed E-state index contributed by atoms with van der Waals surface area (Å²) >= 11 is 7.26. The summed E-state index contributed by atoms with van der Waals surface area (Å²) in [6.07, 6.45) is 0. The summed E-state index contributed by atoms with van der Waals surface area (Å²) in [6, 6.07) is 7.10. The number of hydrogen-bond donors (Lipinski definition) is 1. The Morgan fingerprint density at radius 1 is 1.61 bits per heavy atom. The van der Waals surface area contributed by atoms with Crippen molar-refractivity contribution in [3.8, 4) is 6.07 Å². The molecule has 2 aromatic rings. The van der Waals surface area contributed by atoms with Crippen LogP contribution in [0.5, 0.6) is 0 Å². The molecule has 18 heavy (non-hydrogen) atoms. The average molecular weight is 281 g/mol. The van der Waals surface area contributed by atoms with Crippen molar-refractivity contribution in [2.75, 3.05) is 0 Å². The van der Waals surface area contributed by atoms with E-state index in [-0.39, 0.29) is 5.69 Å². The first-order valence-corrected chi connectivity index (χ1v) is 6.38. The van der Waals surface area contributed by atoms with Crippen LogP contribution in [0.1, 0.15) is 12.5 Å². The smallest absolute Gasteiger partial charge is 0.270 e. The molecule has 0 spiro atoms. The summed E-state index contributed by atoms with van der Waals surface area (Å²) in [4.78, 5) is 12.2. The van der Waals surface area contributed by atoms with Crippen LogP contribution in [-0.2, 0) is 6.54 Å². The number of nitriles is 1. The monoisotopic (exact) mass is 280 g/mol. The minimum Gasteiger partial charge on any atom is -0.270 e. The fraction of sp³-hybridized carbons (Fsp3) is 0.182. The SMILES string of the molecule is CCn1c(Sc2ccc(C#N)c(Cl)c2)n[nH]c1=O. The molecule has 7 heteroatoms. The van der Waals surface area contributed by atoms with Gasteiger partial charge >= 0.3 is 5.69 Å². The summed E-state index contributed by atoms with van der Waals surface area (Å²) in [5, 5.41) is 16.1. The van der Waals surface area contributed by atoms with E-state index in [1.807, 2.05) is 13.0 Å². The Morgan fingerprint density at radius 3 is 3.00 bits per heavy atom. The van der Waals surface area contributed by atoms with Gasteiger partial charge in [-0.1, -0.05) is 11.6 Å². The second kappa shape index (κ2) is 5.29. The second-order valence-corrected chi connectivity index (χ2v) is 4.86. The first-order valence-electron chi connectivity index (χ1n) is 5.18. The third kappa shape index (κ3) is 2.42. The second-order valence-electron chi connectivity index (χ2n) is 3.41. The van der Waals surface area contributed by atoms with Crippen LogP contribution >= 0.6 is 23.4 Å². The molecule has 1 N–H and O–H groups in total. The van der Waals surface area contributed by atoms with Gasteiger partial charge in [0.15, 0.2) is 5.16 Å². The molecule has 0 unspecified atom stereocenters. The van der Waals surface area contributed by atoms with E-state index < -0.39 is 0 Å². The Morgan fingerprint density at radius 2 is 2.39 bits per heavy atom. The van der Waals surface area contributed by atoms with E-state index >= 15 is 0 Å². The van der Waals surface area contributed by atoms with E-state index in [1.165, 1.54) is 16.3 Å². The zero-order valence-corrected chi connectivity index (χ0v) is 11.0. The van der Waals surface area contributed by atoms with Gasteiger partial charge in [0.05, 0.1) is 10.6 Å². The van der Waals surface area contributed by atoms with E-state index in [1.54, 1.807) is 18.2 Å². The lowest BCUT2D eigenvalue weighted by Crippen LogP contribution is -2.15. The number of benzene rings is 1. The number of aromatic nitrogens is 3. The Bertz CT molecular complexity index is 670. The van der Waals surface area contributed by atoms with Gasteiger partial charge in [0, 0.05) is 11.4 Å². The average Bonchev–Trinajstić information content (AvgIpc) is 2.70. The first kappa shape index (κ1) is 12.7. The van der Waals surface area contributed by atoms with Crippen molar-refractivity contribution in [1.82, 2.24) is 14.8 Å². The number of halogens is 1. The van der Waals surface area contributed by atoms with E-state index in [4.69, 9.17) is 16.9 Å². The van der Waals surface area contributed by atoms with Crippen LogP contribution in [0.3, 0.4) is 0 Å². The number of nitrogens with zero attached hydrogens (tertiary/aromatic N) is 3. The summed E-state index contributed by atoms with van der Waals surface area (Å²) in [5.41, 5.74) is 0.190. The van der Waals surface area contributed by atoms with Gasteiger partial charge in [-0.25, -0.2) is 9.89 Å². The highest BCUT2D eigenvalue weighted by Gasteiger charge is 2.09. The molecule has 0 saturated heterocycles. The van der Waals surface area contributed by atoms with E-state index in [0.717, 1.165) is 4.90 Å². The van der Waals surface area contributed by atoms with Crippen molar-refractivity contribution in [1.29, 1.82) is 5.26 Å². The van der Waals surface area contributed by atoms with Crippen LogP contribution in [-0.4, -0.2) is 14.8 Å². The Kier molecular flexibility index (Phi) is 3.75. The van der Waals surface area contributed by atoms with Gasteiger partial charge < -0.3 is 0 Å². The lowest BCUT2D eigenvalue weighted by Gasteiger charge is -2.03. The number of rotatable bonds is 3. The van der Waals surface area contributed by atoms with Crippen LogP contribution in [0.15, 0.2) is 33.0 Å². The van der Waals surface area contributed by atoms with Crippen molar-refractivity contribution in [3.05, 3.63) is 39.3 Å². The van der Waals surface area contributed by atoms with Gasteiger partial charge in [-0.15, -0.1) is 5.10 Å². The van der Waals surface area contributed by atoms with Gasteiger partial charge in [-0.2, -0.15) is 5.26 Å². The van der Waals surface area contributed by atoms with Gasteiger partial charge in [0.25, 0.3) is 0 Å². The normalized spacial score (nSPS) is 10.3. The van der Waals surface area contributed by atoms with Gasteiger partial charge in [0.2, 0.25) is 0 Å². The summed E-state index contributed by atoms with van der Waals surface area (Å²) in [6.45, 7) is 2.41. The van der Waals surface area contributed by atoms with Gasteiger partial charge in [-0.05, 0) is 36.9 Å². The molecule has 0 aliphatic heterocycles. The molecule has 1 aromatic heterocycles. The van der Waals surface area contributed by atoms with Gasteiger partial charge in [-0.3, -0.25) is 4.57 Å². The molecule has 1 aromatic carbocycles.